The first-order valence-electron chi connectivity index (χ1n) is 6.65. The zero-order valence-corrected chi connectivity index (χ0v) is 12.6. The number of carbonyl (C=O) groups excluding carboxylic acids is 1. The van der Waals surface area contributed by atoms with Crippen molar-refractivity contribution in [2.24, 2.45) is 0 Å². The van der Waals surface area contributed by atoms with Gasteiger partial charge in [0.15, 0.2) is 5.78 Å². The number of rotatable bonds is 6. The van der Waals surface area contributed by atoms with Crippen molar-refractivity contribution in [3.05, 3.63) is 59.7 Å². The van der Waals surface area contributed by atoms with E-state index in [1.54, 1.807) is 11.8 Å². The van der Waals surface area contributed by atoms with E-state index in [0.29, 0.717) is 23.7 Å². The van der Waals surface area contributed by atoms with Crippen molar-refractivity contribution in [1.82, 2.24) is 0 Å². The molecule has 0 unspecified atom stereocenters. The van der Waals surface area contributed by atoms with Gasteiger partial charge in [0.2, 0.25) is 0 Å². The molecule has 0 aliphatic heterocycles. The molecule has 0 radical (unpaired) electrons. The van der Waals surface area contributed by atoms with Crippen LogP contribution in [0.3, 0.4) is 0 Å². The van der Waals surface area contributed by atoms with E-state index in [2.05, 4.69) is 19.1 Å². The first kappa shape index (κ1) is 14.7. The predicted octanol–water partition coefficient (Wildman–Crippen LogP) is 4.37. The molecule has 0 saturated carbocycles. The Morgan fingerprint density at radius 1 is 1.15 bits per heavy atom. The van der Waals surface area contributed by atoms with Crippen molar-refractivity contribution in [2.75, 3.05) is 12.4 Å². The number of carbonyl (C=O) groups is 1. The van der Waals surface area contributed by atoms with Crippen LogP contribution in [0.15, 0.2) is 53.4 Å². The predicted molar refractivity (Wildman–Crippen MR) is 83.8 cm³/mol. The van der Waals surface area contributed by atoms with Crippen LogP contribution in [0, 0.1) is 6.92 Å². The second-order valence-corrected chi connectivity index (χ2v) is 5.51. The minimum absolute atomic E-state index is 0.0977. The minimum Gasteiger partial charge on any atom is -0.493 e. The molecule has 0 spiro atoms. The molecule has 0 atom stereocenters. The standard InChI is InChI=1S/C17H18O2S/c1-3-19-17-10-5-4-9-15(17)16(18)12-20-14-8-6-7-13(2)11-14/h4-11H,3,12H2,1-2H3. The van der Waals surface area contributed by atoms with Gasteiger partial charge in [-0.3, -0.25) is 4.79 Å². The molecule has 0 aliphatic carbocycles. The minimum atomic E-state index is 0.0977. The first-order valence-corrected chi connectivity index (χ1v) is 7.63. The maximum Gasteiger partial charge on any atom is 0.176 e. The molecule has 0 N–H and O–H groups in total. The molecule has 2 nitrogen and oxygen atoms in total. The molecule has 0 aliphatic rings. The van der Waals surface area contributed by atoms with Crippen molar-refractivity contribution in [1.29, 1.82) is 0 Å². The lowest BCUT2D eigenvalue weighted by Crippen LogP contribution is -2.06. The Hall–Kier alpha value is -1.74. The van der Waals surface area contributed by atoms with E-state index in [9.17, 15) is 4.79 Å². The van der Waals surface area contributed by atoms with Gasteiger partial charge in [-0.05, 0) is 38.1 Å². The highest BCUT2D eigenvalue weighted by molar-refractivity contribution is 8.00. The molecule has 2 aromatic carbocycles. The van der Waals surface area contributed by atoms with E-state index in [-0.39, 0.29) is 5.78 Å². The summed E-state index contributed by atoms with van der Waals surface area (Å²) in [5, 5.41) is 0. The third kappa shape index (κ3) is 3.87. The molecule has 2 aromatic rings. The van der Waals surface area contributed by atoms with Gasteiger partial charge in [0.05, 0.1) is 17.9 Å². The molecule has 0 bridgehead atoms. The van der Waals surface area contributed by atoms with E-state index in [0.717, 1.165) is 4.90 Å². The van der Waals surface area contributed by atoms with Gasteiger partial charge in [0.25, 0.3) is 0 Å². The van der Waals surface area contributed by atoms with Crippen LogP contribution >= 0.6 is 11.8 Å². The fourth-order valence-electron chi connectivity index (χ4n) is 1.91. The maximum absolute atomic E-state index is 12.3. The largest absolute Gasteiger partial charge is 0.493 e. The van der Waals surface area contributed by atoms with Crippen molar-refractivity contribution in [3.63, 3.8) is 0 Å². The van der Waals surface area contributed by atoms with Crippen molar-refractivity contribution < 1.29 is 9.53 Å². The molecule has 0 heterocycles. The van der Waals surface area contributed by atoms with Crippen molar-refractivity contribution in [3.8, 4) is 5.75 Å². The summed E-state index contributed by atoms with van der Waals surface area (Å²) in [6.45, 7) is 4.54. The van der Waals surface area contributed by atoms with Gasteiger partial charge in [-0.1, -0.05) is 29.8 Å². The fraction of sp³-hybridized carbons (Fsp3) is 0.235. The van der Waals surface area contributed by atoms with Crippen LogP contribution in [0.2, 0.25) is 0 Å². The molecule has 2 rings (SSSR count). The number of ketones is 1. The number of benzene rings is 2. The Morgan fingerprint density at radius 2 is 1.95 bits per heavy atom. The molecule has 0 amide bonds. The SMILES string of the molecule is CCOc1ccccc1C(=O)CSc1cccc(C)c1. The fourth-order valence-corrected chi connectivity index (χ4v) is 2.81. The van der Waals surface area contributed by atoms with Crippen molar-refractivity contribution >= 4 is 17.5 Å². The summed E-state index contributed by atoms with van der Waals surface area (Å²) in [6.07, 6.45) is 0. The number of hydrogen-bond donors (Lipinski definition) is 0. The summed E-state index contributed by atoms with van der Waals surface area (Å²) in [5.41, 5.74) is 1.87. The van der Waals surface area contributed by atoms with Crippen LogP contribution in [-0.4, -0.2) is 18.1 Å². The van der Waals surface area contributed by atoms with Gasteiger partial charge in [0, 0.05) is 4.90 Å². The Labute approximate surface area is 124 Å². The van der Waals surface area contributed by atoms with Gasteiger partial charge in [-0.2, -0.15) is 0 Å². The highest BCUT2D eigenvalue weighted by Gasteiger charge is 2.12. The lowest BCUT2D eigenvalue weighted by molar-refractivity contribution is 0.101. The third-order valence-corrected chi connectivity index (χ3v) is 3.84. The number of hydrogen-bond acceptors (Lipinski definition) is 3. The van der Waals surface area contributed by atoms with Crippen LogP contribution in [0.1, 0.15) is 22.8 Å². The van der Waals surface area contributed by atoms with E-state index < -0.39 is 0 Å². The molecule has 0 aromatic heterocycles. The van der Waals surface area contributed by atoms with Gasteiger partial charge in [0.1, 0.15) is 5.75 Å². The highest BCUT2D eigenvalue weighted by atomic mass is 32.2. The second kappa shape index (κ2) is 7.15. The van der Waals surface area contributed by atoms with Crippen LogP contribution < -0.4 is 4.74 Å². The Bertz CT molecular complexity index is 593. The average Bonchev–Trinajstić information content (AvgIpc) is 2.46. The van der Waals surface area contributed by atoms with E-state index in [1.165, 1.54) is 5.56 Å². The Balaban J connectivity index is 2.05. The van der Waals surface area contributed by atoms with E-state index >= 15 is 0 Å². The van der Waals surface area contributed by atoms with E-state index in [4.69, 9.17) is 4.74 Å². The molecule has 20 heavy (non-hydrogen) atoms. The summed E-state index contributed by atoms with van der Waals surface area (Å²) >= 11 is 1.56. The van der Waals surface area contributed by atoms with Crippen LogP contribution in [0.4, 0.5) is 0 Å². The molecule has 3 heteroatoms. The topological polar surface area (TPSA) is 26.3 Å². The van der Waals surface area contributed by atoms with Crippen LogP contribution in [-0.2, 0) is 0 Å². The average molecular weight is 286 g/mol. The zero-order valence-electron chi connectivity index (χ0n) is 11.8. The normalized spacial score (nSPS) is 10.3. The molecule has 0 fully saturated rings. The molecule has 0 saturated heterocycles. The summed E-state index contributed by atoms with van der Waals surface area (Å²) in [4.78, 5) is 13.4. The van der Waals surface area contributed by atoms with Crippen molar-refractivity contribution in [2.45, 2.75) is 18.7 Å². The maximum atomic E-state index is 12.3. The number of ether oxygens (including phenoxy) is 1. The lowest BCUT2D eigenvalue weighted by atomic mass is 10.1. The smallest absolute Gasteiger partial charge is 0.176 e. The van der Waals surface area contributed by atoms with Gasteiger partial charge < -0.3 is 4.74 Å². The highest BCUT2D eigenvalue weighted by Crippen LogP contribution is 2.24. The summed E-state index contributed by atoms with van der Waals surface area (Å²) in [6, 6.07) is 15.6. The van der Waals surface area contributed by atoms with Crippen LogP contribution in [0.5, 0.6) is 5.75 Å². The zero-order chi connectivity index (χ0) is 14.4. The Morgan fingerprint density at radius 3 is 2.70 bits per heavy atom. The van der Waals surface area contributed by atoms with Gasteiger partial charge in [-0.15, -0.1) is 11.8 Å². The van der Waals surface area contributed by atoms with Gasteiger partial charge >= 0.3 is 0 Å². The summed E-state index contributed by atoms with van der Waals surface area (Å²) in [5.74, 6) is 1.19. The monoisotopic (exact) mass is 286 g/mol. The summed E-state index contributed by atoms with van der Waals surface area (Å²) < 4.78 is 5.50. The van der Waals surface area contributed by atoms with E-state index in [1.807, 2.05) is 43.3 Å². The third-order valence-electron chi connectivity index (χ3n) is 2.85. The molecular formula is C17H18O2S. The molecular weight excluding hydrogens is 268 g/mol. The van der Waals surface area contributed by atoms with Gasteiger partial charge in [-0.25, -0.2) is 0 Å². The number of thioether (sulfide) groups is 1. The summed E-state index contributed by atoms with van der Waals surface area (Å²) in [7, 11) is 0. The molecule has 104 valence electrons. The second-order valence-electron chi connectivity index (χ2n) is 4.46. The lowest BCUT2D eigenvalue weighted by Gasteiger charge is -2.09. The van der Waals surface area contributed by atoms with Crippen LogP contribution in [0.25, 0.3) is 0 Å². The Kier molecular flexibility index (Phi) is 5.24. The number of aryl methyl sites for hydroxylation is 1. The number of para-hydroxylation sites is 1. The number of Topliss-reactive ketones (excluding diaryl/α,β-unsaturated/α-hetero) is 1. The first-order chi connectivity index (χ1) is 9.70. The quantitative estimate of drug-likeness (QED) is 0.582.